The molecule has 0 unspecified atom stereocenters. The van der Waals surface area contributed by atoms with Crippen LogP contribution < -0.4 is 5.32 Å². The van der Waals surface area contributed by atoms with Gasteiger partial charge in [-0.15, -0.1) is 0 Å². The van der Waals surface area contributed by atoms with Gasteiger partial charge < -0.3 is 10.4 Å². The third-order valence-corrected chi connectivity index (χ3v) is 1.80. The van der Waals surface area contributed by atoms with Gasteiger partial charge >= 0.3 is 0 Å². The van der Waals surface area contributed by atoms with E-state index >= 15 is 0 Å². The standard InChI is InChI=1S/C8H16N2O/c11-6-2-5-10-8-3-1-4-9-7-8/h9,11H,1-7H2. The minimum atomic E-state index is 0.254. The van der Waals surface area contributed by atoms with Gasteiger partial charge in [0.15, 0.2) is 0 Å². The average molecular weight is 156 g/mol. The van der Waals surface area contributed by atoms with E-state index in [1.807, 2.05) is 0 Å². The van der Waals surface area contributed by atoms with Crippen molar-refractivity contribution in [2.24, 2.45) is 4.99 Å². The summed E-state index contributed by atoms with van der Waals surface area (Å²) in [5, 5.41) is 11.8. The summed E-state index contributed by atoms with van der Waals surface area (Å²) in [6, 6.07) is 0. The van der Waals surface area contributed by atoms with Crippen molar-refractivity contribution in [3.8, 4) is 0 Å². The van der Waals surface area contributed by atoms with Gasteiger partial charge in [0.1, 0.15) is 0 Å². The van der Waals surface area contributed by atoms with Crippen molar-refractivity contribution in [1.29, 1.82) is 0 Å². The van der Waals surface area contributed by atoms with Crippen LogP contribution in [0.5, 0.6) is 0 Å². The van der Waals surface area contributed by atoms with Gasteiger partial charge in [0.05, 0.1) is 0 Å². The molecule has 3 heteroatoms. The van der Waals surface area contributed by atoms with Gasteiger partial charge in [-0.05, 0) is 25.8 Å². The highest BCUT2D eigenvalue weighted by molar-refractivity contribution is 5.86. The largest absolute Gasteiger partial charge is 0.396 e. The van der Waals surface area contributed by atoms with Crippen molar-refractivity contribution in [1.82, 2.24) is 5.32 Å². The Kier molecular flexibility index (Phi) is 4.16. The Hall–Kier alpha value is -0.410. The average Bonchev–Trinajstić information content (AvgIpc) is 2.07. The second-order valence-electron chi connectivity index (χ2n) is 2.81. The minimum Gasteiger partial charge on any atom is -0.396 e. The quantitative estimate of drug-likeness (QED) is 0.573. The third-order valence-electron chi connectivity index (χ3n) is 1.80. The molecule has 0 saturated carbocycles. The van der Waals surface area contributed by atoms with Crippen molar-refractivity contribution < 1.29 is 5.11 Å². The SMILES string of the molecule is OCCCN=C1CCCNC1. The molecule has 11 heavy (non-hydrogen) atoms. The van der Waals surface area contributed by atoms with Crippen molar-refractivity contribution in [2.75, 3.05) is 26.2 Å². The number of hydrogen-bond donors (Lipinski definition) is 2. The van der Waals surface area contributed by atoms with Gasteiger partial charge in [-0.2, -0.15) is 0 Å². The first kappa shape index (κ1) is 8.68. The van der Waals surface area contributed by atoms with Crippen molar-refractivity contribution in [2.45, 2.75) is 19.3 Å². The Bertz CT molecular complexity index is 126. The summed E-state index contributed by atoms with van der Waals surface area (Å²) in [5.74, 6) is 0. The maximum atomic E-state index is 8.51. The van der Waals surface area contributed by atoms with Crippen molar-refractivity contribution in [3.05, 3.63) is 0 Å². The van der Waals surface area contributed by atoms with Crippen LogP contribution in [0.25, 0.3) is 0 Å². The molecule has 0 aromatic carbocycles. The lowest BCUT2D eigenvalue weighted by Gasteiger charge is -2.13. The third kappa shape index (κ3) is 3.49. The zero-order valence-electron chi connectivity index (χ0n) is 6.84. The Balaban J connectivity index is 2.15. The number of piperidine rings is 1. The van der Waals surface area contributed by atoms with Crippen LogP contribution in [-0.2, 0) is 0 Å². The number of nitrogens with one attached hydrogen (secondary N) is 1. The molecule has 1 saturated heterocycles. The summed E-state index contributed by atoms with van der Waals surface area (Å²) in [7, 11) is 0. The first-order chi connectivity index (χ1) is 5.43. The Labute approximate surface area is 67.5 Å². The van der Waals surface area contributed by atoms with Crippen molar-refractivity contribution in [3.63, 3.8) is 0 Å². The molecule has 0 aliphatic carbocycles. The van der Waals surface area contributed by atoms with Crippen molar-refractivity contribution >= 4 is 5.71 Å². The van der Waals surface area contributed by atoms with Gasteiger partial charge in [-0.25, -0.2) is 0 Å². The van der Waals surface area contributed by atoms with E-state index in [9.17, 15) is 0 Å². The summed E-state index contributed by atoms with van der Waals surface area (Å²) >= 11 is 0. The molecule has 0 atom stereocenters. The van der Waals surface area contributed by atoms with E-state index in [0.29, 0.717) is 0 Å². The maximum Gasteiger partial charge on any atom is 0.0448 e. The minimum absolute atomic E-state index is 0.254. The molecule has 1 heterocycles. The monoisotopic (exact) mass is 156 g/mol. The molecule has 1 rings (SSSR count). The van der Waals surface area contributed by atoms with E-state index in [1.165, 1.54) is 12.1 Å². The maximum absolute atomic E-state index is 8.51. The fourth-order valence-electron chi connectivity index (χ4n) is 1.18. The van der Waals surface area contributed by atoms with Crippen LogP contribution in [0.4, 0.5) is 0 Å². The summed E-state index contributed by atoms with van der Waals surface area (Å²) < 4.78 is 0. The normalized spacial score (nSPS) is 22.5. The second-order valence-corrected chi connectivity index (χ2v) is 2.81. The second kappa shape index (κ2) is 5.27. The van der Waals surface area contributed by atoms with E-state index in [2.05, 4.69) is 10.3 Å². The molecule has 3 nitrogen and oxygen atoms in total. The van der Waals surface area contributed by atoms with Gasteiger partial charge in [0.25, 0.3) is 0 Å². The number of hydrogen-bond acceptors (Lipinski definition) is 3. The number of nitrogens with zero attached hydrogens (tertiary/aromatic N) is 1. The molecular weight excluding hydrogens is 140 g/mol. The summed E-state index contributed by atoms with van der Waals surface area (Å²) in [4.78, 5) is 4.37. The fourth-order valence-corrected chi connectivity index (χ4v) is 1.18. The molecule has 0 bridgehead atoms. The highest BCUT2D eigenvalue weighted by atomic mass is 16.3. The first-order valence-electron chi connectivity index (χ1n) is 4.27. The predicted molar refractivity (Wildman–Crippen MR) is 46.1 cm³/mol. The Morgan fingerprint density at radius 2 is 2.45 bits per heavy atom. The molecular formula is C8H16N2O. The van der Waals surface area contributed by atoms with E-state index in [0.717, 1.165) is 32.5 Å². The summed E-state index contributed by atoms with van der Waals surface area (Å²) in [6.45, 7) is 3.11. The van der Waals surface area contributed by atoms with Gasteiger partial charge in [0, 0.05) is 25.4 Å². The van der Waals surface area contributed by atoms with E-state index in [-0.39, 0.29) is 6.61 Å². The Morgan fingerprint density at radius 1 is 1.55 bits per heavy atom. The lowest BCUT2D eigenvalue weighted by Crippen LogP contribution is -2.30. The fraction of sp³-hybridized carbons (Fsp3) is 0.875. The van der Waals surface area contributed by atoms with E-state index < -0.39 is 0 Å². The smallest absolute Gasteiger partial charge is 0.0448 e. The Morgan fingerprint density at radius 3 is 3.09 bits per heavy atom. The van der Waals surface area contributed by atoms with E-state index in [4.69, 9.17) is 5.11 Å². The van der Waals surface area contributed by atoms with Crippen LogP contribution in [-0.4, -0.2) is 37.1 Å². The number of aliphatic hydroxyl groups is 1. The number of aliphatic hydroxyl groups excluding tert-OH is 1. The first-order valence-corrected chi connectivity index (χ1v) is 4.27. The van der Waals surface area contributed by atoms with E-state index in [1.54, 1.807) is 0 Å². The van der Waals surface area contributed by atoms with Crippen LogP contribution in [0.2, 0.25) is 0 Å². The van der Waals surface area contributed by atoms with Gasteiger partial charge in [-0.3, -0.25) is 4.99 Å². The van der Waals surface area contributed by atoms with Crippen LogP contribution in [0.15, 0.2) is 4.99 Å². The van der Waals surface area contributed by atoms with Gasteiger partial charge in [-0.1, -0.05) is 0 Å². The molecule has 64 valence electrons. The van der Waals surface area contributed by atoms with Crippen LogP contribution in [0, 0.1) is 0 Å². The summed E-state index contributed by atoms with van der Waals surface area (Å²) in [5.41, 5.74) is 1.27. The molecule has 0 aromatic heterocycles. The zero-order chi connectivity index (χ0) is 7.94. The molecule has 1 fully saturated rings. The molecule has 2 N–H and O–H groups in total. The summed E-state index contributed by atoms with van der Waals surface area (Å²) in [6.07, 6.45) is 3.14. The van der Waals surface area contributed by atoms with Crippen LogP contribution in [0.3, 0.4) is 0 Å². The van der Waals surface area contributed by atoms with Gasteiger partial charge in [0.2, 0.25) is 0 Å². The molecule has 1 aliphatic rings. The predicted octanol–water partition coefficient (Wildman–Crippen LogP) is 0.193. The highest BCUT2D eigenvalue weighted by Gasteiger charge is 2.03. The molecule has 0 spiro atoms. The zero-order valence-corrected chi connectivity index (χ0v) is 6.84. The lowest BCUT2D eigenvalue weighted by atomic mass is 10.1. The topological polar surface area (TPSA) is 44.6 Å². The highest BCUT2D eigenvalue weighted by Crippen LogP contribution is 1.97. The molecule has 0 radical (unpaired) electrons. The van der Waals surface area contributed by atoms with Crippen LogP contribution >= 0.6 is 0 Å². The van der Waals surface area contributed by atoms with Crippen LogP contribution in [0.1, 0.15) is 19.3 Å². The lowest BCUT2D eigenvalue weighted by molar-refractivity contribution is 0.291. The molecule has 0 aromatic rings. The molecule has 0 amide bonds. The molecule has 1 aliphatic heterocycles. The number of rotatable bonds is 3. The number of aliphatic imine (C=N–C) groups is 1.